The van der Waals surface area contributed by atoms with Crippen LogP contribution in [0.25, 0.3) is 0 Å². The molecule has 0 unspecified atom stereocenters. The Labute approximate surface area is 190 Å². The number of fused-ring (bicyclic) bond motifs is 1. The van der Waals surface area contributed by atoms with Gasteiger partial charge in [0.1, 0.15) is 7.05 Å². The largest absolute Gasteiger partial charge is 0.425 e. The monoisotopic (exact) mass is 451 g/mol. The summed E-state index contributed by atoms with van der Waals surface area (Å²) in [6, 6.07) is 18.2. The van der Waals surface area contributed by atoms with Gasteiger partial charge in [-0.1, -0.05) is 54.6 Å². The number of allylic oxidation sites excluding steroid dienone is 5. The van der Waals surface area contributed by atoms with E-state index in [2.05, 4.69) is 55.8 Å². The van der Waals surface area contributed by atoms with E-state index in [1.165, 1.54) is 17.0 Å². The standard InChI is InChI=1S/C25H27N2O.O3S/c1-20(28)27(21-14-8-7-9-15-21)19-13-6-5-10-18-24-25(2,3)22-16-11-12-17-23(22)26(24)4;1-4(2)3/h5-19H,1-4H3;/q+1;. The number of anilines is 1. The van der Waals surface area contributed by atoms with E-state index < -0.39 is 10.6 Å². The predicted molar refractivity (Wildman–Crippen MR) is 127 cm³/mol. The van der Waals surface area contributed by atoms with Crippen LogP contribution in [0.4, 0.5) is 11.4 Å². The van der Waals surface area contributed by atoms with Crippen molar-refractivity contribution in [2.75, 3.05) is 11.9 Å². The summed E-state index contributed by atoms with van der Waals surface area (Å²) in [6.45, 7) is 6.07. The molecule has 2 aromatic carbocycles. The first kappa shape index (κ1) is 24.7. The Hall–Kier alpha value is -3.58. The van der Waals surface area contributed by atoms with Crippen LogP contribution in [0.5, 0.6) is 0 Å². The quantitative estimate of drug-likeness (QED) is 0.500. The zero-order chi connectivity index (χ0) is 23.7. The minimum atomic E-state index is -3.11. The van der Waals surface area contributed by atoms with Crippen molar-refractivity contribution in [1.29, 1.82) is 0 Å². The summed E-state index contributed by atoms with van der Waals surface area (Å²) in [7, 11) is -0.999. The molecule has 7 heteroatoms. The molecule has 0 saturated heterocycles. The van der Waals surface area contributed by atoms with Crippen LogP contribution in [0.1, 0.15) is 26.3 Å². The molecule has 1 aliphatic rings. The molecular weight excluding hydrogens is 424 g/mol. The maximum atomic E-state index is 11.9. The first-order chi connectivity index (χ1) is 15.2. The summed E-state index contributed by atoms with van der Waals surface area (Å²) < 4.78 is 27.6. The van der Waals surface area contributed by atoms with Crippen molar-refractivity contribution in [3.63, 3.8) is 0 Å². The summed E-state index contributed by atoms with van der Waals surface area (Å²) >= 11 is 0. The van der Waals surface area contributed by atoms with Crippen molar-refractivity contribution in [3.05, 3.63) is 96.7 Å². The van der Waals surface area contributed by atoms with Gasteiger partial charge in [-0.15, -0.1) is 12.6 Å². The van der Waals surface area contributed by atoms with Gasteiger partial charge in [-0.25, -0.2) is 0 Å². The number of nitrogens with zero attached hydrogens (tertiary/aromatic N) is 2. The van der Waals surface area contributed by atoms with Crippen molar-refractivity contribution in [1.82, 2.24) is 0 Å². The maximum absolute atomic E-state index is 11.9. The molecule has 0 fully saturated rings. The number of para-hydroxylation sites is 2. The van der Waals surface area contributed by atoms with Gasteiger partial charge in [0, 0.05) is 36.5 Å². The van der Waals surface area contributed by atoms with Crippen LogP contribution in [0.2, 0.25) is 0 Å². The summed E-state index contributed by atoms with van der Waals surface area (Å²) in [4.78, 5) is 13.5. The molecule has 3 rings (SSSR count). The lowest BCUT2D eigenvalue weighted by Crippen LogP contribution is -2.26. The third-order valence-corrected chi connectivity index (χ3v) is 5.14. The highest BCUT2D eigenvalue weighted by atomic mass is 32.2. The average molecular weight is 452 g/mol. The van der Waals surface area contributed by atoms with Crippen molar-refractivity contribution >= 4 is 33.6 Å². The molecule has 1 aliphatic heterocycles. The predicted octanol–water partition coefficient (Wildman–Crippen LogP) is 4.37. The third-order valence-electron chi connectivity index (χ3n) is 5.14. The molecular formula is C25H27N2O4S+. The normalized spacial score (nSPS) is 14.5. The van der Waals surface area contributed by atoms with Crippen LogP contribution in [-0.4, -0.2) is 35.9 Å². The summed E-state index contributed by atoms with van der Waals surface area (Å²) in [6.07, 6.45) is 11.8. The number of hydrogen-bond donors (Lipinski definition) is 0. The molecule has 1 heterocycles. The first-order valence-electron chi connectivity index (χ1n) is 10.00. The Morgan fingerprint density at radius 3 is 2.06 bits per heavy atom. The Bertz CT molecular complexity index is 1190. The van der Waals surface area contributed by atoms with Gasteiger partial charge in [0.2, 0.25) is 11.6 Å². The Kier molecular flexibility index (Phi) is 8.61. The smallest absolute Gasteiger partial charge is 0.288 e. The van der Waals surface area contributed by atoms with Gasteiger partial charge in [0.25, 0.3) is 0 Å². The number of benzene rings is 2. The van der Waals surface area contributed by atoms with Gasteiger partial charge in [-0.3, -0.25) is 9.69 Å². The SMILES string of the molecule is CC(=O)N(/C=C/C=C/C=C/C1=[N+](C)c2ccccc2C1(C)C)c1ccccc1.O=S(=O)=O. The van der Waals surface area contributed by atoms with Gasteiger partial charge in [-0.05, 0) is 32.1 Å². The zero-order valence-corrected chi connectivity index (χ0v) is 19.4. The van der Waals surface area contributed by atoms with Crippen LogP contribution >= 0.6 is 0 Å². The second-order valence-electron chi connectivity index (χ2n) is 7.60. The number of carbonyl (C=O) groups is 1. The van der Waals surface area contributed by atoms with Gasteiger partial charge in [0.05, 0.1) is 5.41 Å². The molecule has 1 amide bonds. The maximum Gasteiger partial charge on any atom is 0.425 e. The summed E-state index contributed by atoms with van der Waals surface area (Å²) in [5, 5.41) is 0. The molecule has 166 valence electrons. The fourth-order valence-electron chi connectivity index (χ4n) is 3.67. The molecule has 6 nitrogen and oxygen atoms in total. The lowest BCUT2D eigenvalue weighted by Gasteiger charge is -2.15. The van der Waals surface area contributed by atoms with E-state index in [-0.39, 0.29) is 11.3 Å². The van der Waals surface area contributed by atoms with Gasteiger partial charge in [0.15, 0.2) is 5.71 Å². The van der Waals surface area contributed by atoms with Crippen molar-refractivity contribution in [3.8, 4) is 0 Å². The Balaban J connectivity index is 0.000000837. The van der Waals surface area contributed by atoms with Crippen molar-refractivity contribution in [2.45, 2.75) is 26.2 Å². The minimum absolute atomic E-state index is 0.0194. The highest BCUT2D eigenvalue weighted by Gasteiger charge is 2.42. The molecule has 32 heavy (non-hydrogen) atoms. The van der Waals surface area contributed by atoms with Gasteiger partial charge >= 0.3 is 10.6 Å². The second-order valence-corrected chi connectivity index (χ2v) is 8.01. The van der Waals surface area contributed by atoms with E-state index in [0.29, 0.717) is 0 Å². The zero-order valence-electron chi connectivity index (χ0n) is 18.6. The lowest BCUT2D eigenvalue weighted by molar-refractivity contribution is -0.401. The van der Waals surface area contributed by atoms with E-state index in [1.807, 2.05) is 54.6 Å². The minimum Gasteiger partial charge on any atom is -0.288 e. The fourth-order valence-corrected chi connectivity index (χ4v) is 3.67. The van der Waals surface area contributed by atoms with E-state index in [1.54, 1.807) is 18.0 Å². The highest BCUT2D eigenvalue weighted by molar-refractivity contribution is 7.59. The summed E-state index contributed by atoms with van der Waals surface area (Å²) in [5.41, 5.74) is 4.70. The van der Waals surface area contributed by atoms with Crippen molar-refractivity contribution < 1.29 is 22.0 Å². The number of amides is 1. The molecule has 0 aliphatic carbocycles. The number of rotatable bonds is 5. The molecule has 0 saturated carbocycles. The van der Waals surface area contributed by atoms with Crippen LogP contribution in [-0.2, 0) is 20.8 Å². The van der Waals surface area contributed by atoms with E-state index in [0.717, 1.165) is 5.69 Å². The Morgan fingerprint density at radius 2 is 1.47 bits per heavy atom. The number of carbonyl (C=O) groups excluding carboxylic acids is 1. The van der Waals surface area contributed by atoms with Crippen LogP contribution < -0.4 is 4.90 Å². The van der Waals surface area contributed by atoms with Crippen LogP contribution in [0, 0.1) is 0 Å². The van der Waals surface area contributed by atoms with E-state index in [4.69, 9.17) is 12.6 Å². The first-order valence-corrected chi connectivity index (χ1v) is 11.0. The second kappa shape index (κ2) is 11.2. The molecule has 0 spiro atoms. The Morgan fingerprint density at radius 1 is 0.906 bits per heavy atom. The van der Waals surface area contributed by atoms with E-state index in [9.17, 15) is 4.79 Å². The average Bonchev–Trinajstić information content (AvgIpc) is 2.93. The molecule has 0 atom stereocenters. The summed E-state index contributed by atoms with van der Waals surface area (Å²) in [5.74, 6) is -0.0194. The number of hydrogen-bond acceptors (Lipinski definition) is 4. The van der Waals surface area contributed by atoms with E-state index >= 15 is 0 Å². The lowest BCUT2D eigenvalue weighted by atomic mass is 9.81. The molecule has 0 bridgehead atoms. The van der Waals surface area contributed by atoms with Gasteiger partial charge < -0.3 is 0 Å². The van der Waals surface area contributed by atoms with Crippen LogP contribution in [0.3, 0.4) is 0 Å². The molecule has 0 radical (unpaired) electrons. The third kappa shape index (κ3) is 6.21. The van der Waals surface area contributed by atoms with Gasteiger partial charge in [-0.2, -0.15) is 4.58 Å². The topological polar surface area (TPSA) is 74.5 Å². The molecule has 0 aromatic heterocycles. The fraction of sp³-hybridized carbons (Fsp3) is 0.200. The van der Waals surface area contributed by atoms with Crippen molar-refractivity contribution in [2.24, 2.45) is 0 Å². The molecule has 2 aromatic rings. The molecule has 0 N–H and O–H groups in total. The van der Waals surface area contributed by atoms with Crippen LogP contribution in [0.15, 0.2) is 91.2 Å². The highest BCUT2D eigenvalue weighted by Crippen LogP contribution is 2.38.